The molecule has 162 valence electrons. The van der Waals surface area contributed by atoms with Crippen LogP contribution in [0.25, 0.3) is 11.4 Å². The molecule has 2 aromatic rings. The molecule has 1 N–H and O–H groups in total. The van der Waals surface area contributed by atoms with Crippen LogP contribution in [0.4, 0.5) is 0 Å². The molecule has 4 heterocycles. The maximum atomic E-state index is 12.4. The number of carbonyl (C=O) groups is 2. The Morgan fingerprint density at radius 1 is 1.26 bits per heavy atom. The minimum atomic E-state index is -0.312. The van der Waals surface area contributed by atoms with Crippen molar-refractivity contribution >= 4 is 23.4 Å². The van der Waals surface area contributed by atoms with Crippen molar-refractivity contribution in [1.82, 2.24) is 30.1 Å². The van der Waals surface area contributed by atoms with Crippen LogP contribution in [-0.4, -0.2) is 82.5 Å². The molecule has 31 heavy (non-hydrogen) atoms. The molecule has 2 aliphatic rings. The van der Waals surface area contributed by atoms with Crippen LogP contribution in [-0.2, 0) is 9.53 Å². The first-order valence-corrected chi connectivity index (χ1v) is 10.3. The summed E-state index contributed by atoms with van der Waals surface area (Å²) in [6.07, 6.45) is 2.66. The molecule has 10 heteroatoms. The molecule has 0 aromatic carbocycles. The average molecular weight is 443 g/mol. The van der Waals surface area contributed by atoms with Gasteiger partial charge in [0.25, 0.3) is 5.91 Å². The van der Waals surface area contributed by atoms with E-state index in [1.54, 1.807) is 11.0 Å². The van der Waals surface area contributed by atoms with Crippen LogP contribution in [0.5, 0.6) is 0 Å². The fourth-order valence-corrected chi connectivity index (χ4v) is 4.29. The Bertz CT molecular complexity index is 1020. The third-order valence-corrected chi connectivity index (χ3v) is 5.77. The molecule has 4 rings (SSSR count). The van der Waals surface area contributed by atoms with Crippen LogP contribution in [0, 0.1) is 0 Å². The average Bonchev–Trinajstić information content (AvgIpc) is 2.81. The topological polar surface area (TPSA) is 101 Å². The van der Waals surface area contributed by atoms with Crippen molar-refractivity contribution in [3.8, 4) is 11.4 Å². The Kier molecular flexibility index (Phi) is 6.26. The predicted molar refractivity (Wildman–Crippen MR) is 114 cm³/mol. The van der Waals surface area contributed by atoms with Crippen molar-refractivity contribution in [2.45, 2.75) is 12.1 Å². The van der Waals surface area contributed by atoms with Crippen molar-refractivity contribution in [1.29, 1.82) is 0 Å². The molecule has 0 unspecified atom stereocenters. The van der Waals surface area contributed by atoms with Gasteiger partial charge in [-0.3, -0.25) is 14.5 Å². The minimum absolute atomic E-state index is 0.0777. The van der Waals surface area contributed by atoms with Crippen LogP contribution in [0.1, 0.15) is 22.1 Å². The Morgan fingerprint density at radius 2 is 2.10 bits per heavy atom. The first-order valence-electron chi connectivity index (χ1n) is 9.97. The number of amides is 2. The summed E-state index contributed by atoms with van der Waals surface area (Å²) in [7, 11) is 1.54. The zero-order valence-corrected chi connectivity index (χ0v) is 17.9. The van der Waals surface area contributed by atoms with Gasteiger partial charge in [0.05, 0.1) is 36.7 Å². The van der Waals surface area contributed by atoms with Crippen molar-refractivity contribution in [2.75, 3.05) is 39.9 Å². The standard InChI is InChI=1S/C21H23ClN6O3/c1-3-20(29)27-9-14-11-31-5-4-28(14)18(10-27)13-6-16(26-19(22)7-13)15-8-17(21(30)23-2)25-12-24-15/h3,6-8,12,14,18H,1,4-5,9-11H2,2H3,(H,23,30)/t14-,18-/m1/s1. The SMILES string of the molecule is C=CC(=O)N1C[C@@H]2COCCN2[C@@H](c2cc(Cl)nc(-c3cc(C(=O)NC)ncn3)c2)C1. The van der Waals surface area contributed by atoms with Gasteiger partial charge in [-0.2, -0.15) is 0 Å². The van der Waals surface area contributed by atoms with E-state index in [9.17, 15) is 9.59 Å². The van der Waals surface area contributed by atoms with E-state index < -0.39 is 0 Å². The summed E-state index contributed by atoms with van der Waals surface area (Å²) in [5, 5.41) is 2.86. The quantitative estimate of drug-likeness (QED) is 0.563. The highest BCUT2D eigenvalue weighted by atomic mass is 35.5. The molecular formula is C21H23ClN6O3. The van der Waals surface area contributed by atoms with E-state index >= 15 is 0 Å². The summed E-state index contributed by atoms with van der Waals surface area (Å²) < 4.78 is 5.65. The third-order valence-electron chi connectivity index (χ3n) is 5.57. The van der Waals surface area contributed by atoms with Gasteiger partial charge in [0.2, 0.25) is 5.91 Å². The maximum absolute atomic E-state index is 12.4. The molecule has 0 saturated carbocycles. The van der Waals surface area contributed by atoms with E-state index in [1.807, 2.05) is 12.1 Å². The Balaban J connectivity index is 1.72. The summed E-state index contributed by atoms with van der Waals surface area (Å²) in [6, 6.07) is 5.30. The number of aromatic nitrogens is 3. The molecule has 0 bridgehead atoms. The van der Waals surface area contributed by atoms with Gasteiger partial charge in [-0.05, 0) is 29.8 Å². The van der Waals surface area contributed by atoms with Gasteiger partial charge in [0.1, 0.15) is 17.2 Å². The summed E-state index contributed by atoms with van der Waals surface area (Å²) in [5.41, 5.74) is 2.19. The van der Waals surface area contributed by atoms with Crippen molar-refractivity contribution in [3.05, 3.63) is 53.6 Å². The largest absolute Gasteiger partial charge is 0.378 e. The summed E-state index contributed by atoms with van der Waals surface area (Å²) in [4.78, 5) is 41.1. The number of halogens is 1. The molecular weight excluding hydrogens is 420 g/mol. The molecule has 0 spiro atoms. The summed E-state index contributed by atoms with van der Waals surface area (Å²) in [5.74, 6) is -0.422. The number of morpholine rings is 1. The molecule has 2 saturated heterocycles. The molecule has 2 amide bonds. The zero-order valence-electron chi connectivity index (χ0n) is 17.1. The van der Waals surface area contributed by atoms with Crippen LogP contribution in [0.3, 0.4) is 0 Å². The van der Waals surface area contributed by atoms with Gasteiger partial charge in [-0.15, -0.1) is 0 Å². The molecule has 2 aliphatic heterocycles. The number of hydrogen-bond donors (Lipinski definition) is 1. The monoisotopic (exact) mass is 442 g/mol. The van der Waals surface area contributed by atoms with Crippen LogP contribution in [0.2, 0.25) is 5.15 Å². The third kappa shape index (κ3) is 4.43. The van der Waals surface area contributed by atoms with E-state index in [4.69, 9.17) is 16.3 Å². The van der Waals surface area contributed by atoms with E-state index in [2.05, 4.69) is 31.7 Å². The first kappa shape index (κ1) is 21.4. The van der Waals surface area contributed by atoms with E-state index in [1.165, 1.54) is 19.5 Å². The highest BCUT2D eigenvalue weighted by molar-refractivity contribution is 6.29. The second-order valence-electron chi connectivity index (χ2n) is 7.41. The first-order chi connectivity index (χ1) is 15.0. The summed E-state index contributed by atoms with van der Waals surface area (Å²) in [6.45, 7) is 6.67. The van der Waals surface area contributed by atoms with Gasteiger partial charge >= 0.3 is 0 Å². The van der Waals surface area contributed by atoms with Crippen molar-refractivity contribution in [2.24, 2.45) is 0 Å². The van der Waals surface area contributed by atoms with Crippen molar-refractivity contribution in [3.63, 3.8) is 0 Å². The van der Waals surface area contributed by atoms with E-state index in [0.29, 0.717) is 42.8 Å². The Hall–Kier alpha value is -2.88. The zero-order chi connectivity index (χ0) is 22.0. The lowest BCUT2D eigenvalue weighted by Crippen LogP contribution is -2.60. The highest BCUT2D eigenvalue weighted by Crippen LogP contribution is 2.33. The predicted octanol–water partition coefficient (Wildman–Crippen LogP) is 1.32. The fourth-order valence-electron chi connectivity index (χ4n) is 4.07. The number of carbonyl (C=O) groups excluding carboxylic acids is 2. The normalized spacial score (nSPS) is 21.3. The molecule has 2 atom stereocenters. The van der Waals surface area contributed by atoms with Crippen LogP contribution >= 0.6 is 11.6 Å². The second-order valence-corrected chi connectivity index (χ2v) is 7.79. The molecule has 0 radical (unpaired) electrons. The number of nitrogens with zero attached hydrogens (tertiary/aromatic N) is 5. The van der Waals surface area contributed by atoms with E-state index in [-0.39, 0.29) is 29.6 Å². The lowest BCUT2D eigenvalue weighted by atomic mass is 9.97. The molecule has 2 fully saturated rings. The number of hydrogen-bond acceptors (Lipinski definition) is 7. The lowest BCUT2D eigenvalue weighted by Gasteiger charge is -2.48. The lowest BCUT2D eigenvalue weighted by molar-refractivity contribution is -0.135. The number of piperazine rings is 1. The van der Waals surface area contributed by atoms with Gasteiger partial charge < -0.3 is 15.0 Å². The minimum Gasteiger partial charge on any atom is -0.378 e. The van der Waals surface area contributed by atoms with Gasteiger partial charge in [0.15, 0.2) is 0 Å². The van der Waals surface area contributed by atoms with Gasteiger partial charge in [-0.25, -0.2) is 15.0 Å². The van der Waals surface area contributed by atoms with Gasteiger partial charge in [0, 0.05) is 26.7 Å². The maximum Gasteiger partial charge on any atom is 0.269 e. The van der Waals surface area contributed by atoms with Crippen molar-refractivity contribution < 1.29 is 14.3 Å². The molecule has 2 aromatic heterocycles. The Labute approximate surface area is 185 Å². The van der Waals surface area contributed by atoms with Crippen LogP contribution in [0.15, 0.2) is 37.2 Å². The molecule has 9 nitrogen and oxygen atoms in total. The summed E-state index contributed by atoms with van der Waals surface area (Å²) >= 11 is 6.38. The number of pyridine rings is 1. The second kappa shape index (κ2) is 9.09. The van der Waals surface area contributed by atoms with E-state index in [0.717, 1.165) is 12.1 Å². The molecule has 0 aliphatic carbocycles. The number of fused-ring (bicyclic) bond motifs is 1. The number of nitrogens with one attached hydrogen (secondary N) is 1. The fraction of sp³-hybridized carbons (Fsp3) is 0.381. The number of ether oxygens (including phenoxy) is 1. The smallest absolute Gasteiger partial charge is 0.269 e. The Morgan fingerprint density at radius 3 is 2.87 bits per heavy atom. The number of rotatable bonds is 4. The van der Waals surface area contributed by atoms with Gasteiger partial charge in [-0.1, -0.05) is 18.2 Å². The highest BCUT2D eigenvalue weighted by Gasteiger charge is 2.38. The van der Waals surface area contributed by atoms with Crippen LogP contribution < -0.4 is 5.32 Å².